The summed E-state index contributed by atoms with van der Waals surface area (Å²) in [6.07, 6.45) is 3.00. The van der Waals surface area contributed by atoms with E-state index in [0.717, 1.165) is 26.7 Å². The molecule has 1 fully saturated rings. The van der Waals surface area contributed by atoms with E-state index in [1.165, 1.54) is 6.08 Å². The van der Waals surface area contributed by atoms with Gasteiger partial charge in [0.1, 0.15) is 17.4 Å². The zero-order valence-electron chi connectivity index (χ0n) is 15.7. The first-order chi connectivity index (χ1) is 14.2. The first-order valence-corrected chi connectivity index (χ1v) is 9.98. The normalized spacial score (nSPS) is 15.7. The maximum Gasteiger partial charge on any atom is 0.331 e. The Hall–Kier alpha value is -3.26. The van der Waals surface area contributed by atoms with E-state index in [9.17, 15) is 4.79 Å². The fourth-order valence-corrected chi connectivity index (χ4v) is 4.27. The summed E-state index contributed by atoms with van der Waals surface area (Å²) in [5, 5.41) is 0.910. The number of ether oxygens (including phenoxy) is 4. The summed E-state index contributed by atoms with van der Waals surface area (Å²) < 4.78 is 22.6. The molecule has 2 aliphatic rings. The van der Waals surface area contributed by atoms with Gasteiger partial charge in [0.25, 0.3) is 0 Å². The van der Waals surface area contributed by atoms with E-state index >= 15 is 0 Å². The summed E-state index contributed by atoms with van der Waals surface area (Å²) in [6.45, 7) is 1.49. The topological polar surface area (TPSA) is 70.1 Å². The molecule has 0 atom stereocenters. The van der Waals surface area contributed by atoms with Crippen molar-refractivity contribution in [2.45, 2.75) is 6.10 Å². The average molecular weight is 410 g/mol. The zero-order valence-corrected chi connectivity index (χ0v) is 16.5. The molecule has 5 rings (SSSR count). The van der Waals surface area contributed by atoms with Crippen LogP contribution in [0.15, 0.2) is 42.5 Å². The lowest BCUT2D eigenvalue weighted by atomic mass is 10.2. The number of fused-ring (bicyclic) bond motifs is 2. The summed E-state index contributed by atoms with van der Waals surface area (Å²) in [5.74, 6) is 1.80. The Labute approximate surface area is 171 Å². The van der Waals surface area contributed by atoms with Crippen molar-refractivity contribution in [3.05, 3.63) is 48.0 Å². The van der Waals surface area contributed by atoms with Gasteiger partial charge in [0, 0.05) is 6.08 Å². The van der Waals surface area contributed by atoms with E-state index in [1.807, 2.05) is 36.4 Å². The third kappa shape index (κ3) is 3.47. The van der Waals surface area contributed by atoms with E-state index in [0.29, 0.717) is 24.6 Å². The molecule has 3 aromatic rings. The predicted molar refractivity (Wildman–Crippen MR) is 110 cm³/mol. The highest BCUT2D eigenvalue weighted by Crippen LogP contribution is 2.36. The van der Waals surface area contributed by atoms with Crippen LogP contribution in [0.5, 0.6) is 17.2 Å². The number of methoxy groups -OCH3 is 1. The second kappa shape index (κ2) is 7.29. The summed E-state index contributed by atoms with van der Waals surface area (Å²) >= 11 is 1.61. The Morgan fingerprint density at radius 1 is 1.24 bits per heavy atom. The Morgan fingerprint density at radius 3 is 2.97 bits per heavy atom. The number of nitrogens with zero attached hydrogens (tertiary/aromatic N) is 2. The molecule has 0 aliphatic carbocycles. The molecule has 0 N–H and O–H groups in total. The van der Waals surface area contributed by atoms with Gasteiger partial charge in [0.15, 0.2) is 16.6 Å². The first-order valence-electron chi connectivity index (χ1n) is 9.16. The smallest absolute Gasteiger partial charge is 0.331 e. The minimum atomic E-state index is -0.363. The lowest BCUT2D eigenvalue weighted by molar-refractivity contribution is -0.143. The third-order valence-electron chi connectivity index (χ3n) is 4.80. The fraction of sp³-hybridized carbons (Fsp3) is 0.238. The third-order valence-corrected chi connectivity index (χ3v) is 5.88. The van der Waals surface area contributed by atoms with Gasteiger partial charge >= 0.3 is 5.97 Å². The number of carbonyl (C=O) groups is 1. The summed E-state index contributed by atoms with van der Waals surface area (Å²) in [7, 11) is 1.64. The van der Waals surface area contributed by atoms with Gasteiger partial charge in [-0.05, 0) is 35.9 Å². The van der Waals surface area contributed by atoms with Crippen LogP contribution in [-0.4, -0.2) is 44.0 Å². The van der Waals surface area contributed by atoms with Crippen molar-refractivity contribution < 1.29 is 23.7 Å². The molecule has 0 radical (unpaired) electrons. The van der Waals surface area contributed by atoms with Crippen molar-refractivity contribution in [3.63, 3.8) is 0 Å². The lowest BCUT2D eigenvalue weighted by Gasteiger charge is -2.37. The number of hydrogen-bond acceptors (Lipinski definition) is 8. The average Bonchev–Trinajstić information content (AvgIpc) is 3.34. The Morgan fingerprint density at radius 2 is 2.10 bits per heavy atom. The number of esters is 1. The molecule has 0 bridgehead atoms. The largest absolute Gasteiger partial charge is 0.494 e. The minimum Gasteiger partial charge on any atom is -0.494 e. The van der Waals surface area contributed by atoms with E-state index in [4.69, 9.17) is 18.9 Å². The monoisotopic (exact) mass is 410 g/mol. The molecular weight excluding hydrogens is 392 g/mol. The second-order valence-electron chi connectivity index (χ2n) is 6.71. The van der Waals surface area contributed by atoms with Gasteiger partial charge in [0.2, 0.25) is 6.79 Å². The van der Waals surface area contributed by atoms with Gasteiger partial charge < -0.3 is 23.8 Å². The van der Waals surface area contributed by atoms with Crippen molar-refractivity contribution in [1.82, 2.24) is 4.98 Å². The van der Waals surface area contributed by atoms with Gasteiger partial charge in [0.05, 0.1) is 24.9 Å². The highest BCUT2D eigenvalue weighted by atomic mass is 32.1. The molecule has 3 heterocycles. The SMILES string of the molecule is COc1cccc2sc(N3CC(OC(=O)/C=C/c4ccc5c(c4)OCO5)C3)nc12. The van der Waals surface area contributed by atoms with E-state index in [2.05, 4.69) is 9.88 Å². The second-order valence-corrected chi connectivity index (χ2v) is 7.72. The molecule has 1 saturated heterocycles. The molecule has 2 aliphatic heterocycles. The lowest BCUT2D eigenvalue weighted by Crippen LogP contribution is -2.52. The van der Waals surface area contributed by atoms with Crippen molar-refractivity contribution in [3.8, 4) is 17.2 Å². The Bertz CT molecular complexity index is 1100. The maximum absolute atomic E-state index is 12.1. The number of benzene rings is 2. The van der Waals surface area contributed by atoms with Crippen molar-refractivity contribution in [2.75, 3.05) is 31.9 Å². The molecule has 2 aromatic carbocycles. The van der Waals surface area contributed by atoms with Crippen LogP contribution in [0.2, 0.25) is 0 Å². The summed E-state index contributed by atoms with van der Waals surface area (Å²) in [4.78, 5) is 18.9. The van der Waals surface area contributed by atoms with E-state index < -0.39 is 0 Å². The molecular formula is C21H18N2O5S. The van der Waals surface area contributed by atoms with E-state index in [1.54, 1.807) is 24.5 Å². The van der Waals surface area contributed by atoms with Gasteiger partial charge in [-0.15, -0.1) is 0 Å². The highest BCUT2D eigenvalue weighted by Gasteiger charge is 2.32. The zero-order chi connectivity index (χ0) is 19.8. The minimum absolute atomic E-state index is 0.141. The van der Waals surface area contributed by atoms with Gasteiger partial charge in [-0.1, -0.05) is 23.5 Å². The number of carbonyl (C=O) groups excluding carboxylic acids is 1. The van der Waals surface area contributed by atoms with Crippen LogP contribution in [0.4, 0.5) is 5.13 Å². The molecule has 7 nitrogen and oxygen atoms in total. The molecule has 29 heavy (non-hydrogen) atoms. The number of anilines is 1. The van der Waals surface area contributed by atoms with Crippen LogP contribution in [0.3, 0.4) is 0 Å². The standard InChI is InChI=1S/C21H18N2O5S/c1-25-16-3-2-4-18-20(16)22-21(29-18)23-10-14(11-23)28-19(24)8-6-13-5-7-15-17(9-13)27-12-26-15/h2-9,14H,10-12H2,1H3/b8-6+. The van der Waals surface area contributed by atoms with Crippen LogP contribution in [0, 0.1) is 0 Å². The van der Waals surface area contributed by atoms with Gasteiger partial charge in [-0.3, -0.25) is 0 Å². The molecule has 0 spiro atoms. The molecule has 0 saturated carbocycles. The highest BCUT2D eigenvalue weighted by molar-refractivity contribution is 7.22. The van der Waals surface area contributed by atoms with Crippen LogP contribution < -0.4 is 19.1 Å². The van der Waals surface area contributed by atoms with Crippen LogP contribution in [-0.2, 0) is 9.53 Å². The molecule has 1 aromatic heterocycles. The predicted octanol–water partition coefficient (Wildman–Crippen LogP) is 3.48. The van der Waals surface area contributed by atoms with Gasteiger partial charge in [-0.2, -0.15) is 0 Å². The number of thiazole rings is 1. The maximum atomic E-state index is 12.1. The quantitative estimate of drug-likeness (QED) is 0.471. The Balaban J connectivity index is 1.17. The van der Waals surface area contributed by atoms with Gasteiger partial charge in [-0.25, -0.2) is 9.78 Å². The first kappa shape index (κ1) is 17.8. The number of para-hydroxylation sites is 1. The number of hydrogen-bond donors (Lipinski definition) is 0. The van der Waals surface area contributed by atoms with Crippen LogP contribution in [0.25, 0.3) is 16.3 Å². The number of aromatic nitrogens is 1. The Kier molecular flexibility index (Phi) is 4.48. The summed E-state index contributed by atoms with van der Waals surface area (Å²) in [5.41, 5.74) is 1.71. The molecule has 148 valence electrons. The van der Waals surface area contributed by atoms with E-state index in [-0.39, 0.29) is 18.9 Å². The van der Waals surface area contributed by atoms with Crippen LogP contribution in [0.1, 0.15) is 5.56 Å². The fourth-order valence-electron chi connectivity index (χ4n) is 3.27. The summed E-state index contributed by atoms with van der Waals surface area (Å²) in [6, 6.07) is 11.4. The number of rotatable bonds is 5. The molecule has 0 unspecified atom stereocenters. The van der Waals surface area contributed by atoms with Crippen LogP contribution >= 0.6 is 11.3 Å². The van der Waals surface area contributed by atoms with Crippen molar-refractivity contribution in [1.29, 1.82) is 0 Å². The van der Waals surface area contributed by atoms with Crippen molar-refractivity contribution in [2.24, 2.45) is 0 Å². The molecule has 8 heteroatoms. The molecule has 0 amide bonds. The van der Waals surface area contributed by atoms with Crippen molar-refractivity contribution >= 4 is 38.7 Å².